The SMILES string of the molecule is C=C=CN(c1ccc([N+](=O)[O-])cc1)S(=O)(=O)c1ccc(C)cc1. The highest BCUT2D eigenvalue weighted by molar-refractivity contribution is 7.93. The van der Waals surface area contributed by atoms with Crippen molar-refractivity contribution >= 4 is 21.4 Å². The molecule has 7 heteroatoms. The fourth-order valence-electron chi connectivity index (χ4n) is 1.91. The van der Waals surface area contributed by atoms with Gasteiger partial charge in [-0.2, -0.15) is 0 Å². The molecule has 0 aliphatic heterocycles. The lowest BCUT2D eigenvalue weighted by atomic mass is 10.2. The highest BCUT2D eigenvalue weighted by Gasteiger charge is 2.23. The van der Waals surface area contributed by atoms with Crippen molar-refractivity contribution in [2.45, 2.75) is 11.8 Å². The minimum Gasteiger partial charge on any atom is -0.258 e. The number of aryl methyl sites for hydroxylation is 1. The molecule has 0 spiro atoms. The van der Waals surface area contributed by atoms with Gasteiger partial charge in [0.25, 0.3) is 15.7 Å². The number of sulfonamides is 1. The minimum absolute atomic E-state index is 0.105. The summed E-state index contributed by atoms with van der Waals surface area (Å²) in [6.07, 6.45) is 1.18. The first-order valence-corrected chi connectivity index (χ1v) is 8.02. The Bertz CT molecular complexity index is 865. The number of rotatable bonds is 5. The van der Waals surface area contributed by atoms with Crippen molar-refractivity contribution in [3.05, 3.63) is 82.7 Å². The smallest absolute Gasteiger partial charge is 0.258 e. The molecule has 0 saturated carbocycles. The third-order valence-corrected chi connectivity index (χ3v) is 4.80. The van der Waals surface area contributed by atoms with Gasteiger partial charge in [0.2, 0.25) is 0 Å². The van der Waals surface area contributed by atoms with Gasteiger partial charge in [-0.3, -0.25) is 10.1 Å². The summed E-state index contributed by atoms with van der Waals surface area (Å²) >= 11 is 0. The third kappa shape index (κ3) is 3.48. The molecule has 0 aliphatic carbocycles. The van der Waals surface area contributed by atoms with E-state index in [1.165, 1.54) is 42.6 Å². The van der Waals surface area contributed by atoms with Gasteiger partial charge in [-0.1, -0.05) is 24.3 Å². The second-order valence-electron chi connectivity index (χ2n) is 4.72. The average molecular weight is 330 g/mol. The van der Waals surface area contributed by atoms with Crippen LogP contribution in [-0.4, -0.2) is 13.3 Å². The van der Waals surface area contributed by atoms with Crippen LogP contribution in [0.2, 0.25) is 0 Å². The van der Waals surface area contributed by atoms with Crippen LogP contribution in [0.3, 0.4) is 0 Å². The lowest BCUT2D eigenvalue weighted by Crippen LogP contribution is -2.25. The number of non-ortho nitro benzene ring substituents is 1. The lowest BCUT2D eigenvalue weighted by Gasteiger charge is -2.19. The van der Waals surface area contributed by atoms with Crippen molar-refractivity contribution in [2.24, 2.45) is 0 Å². The lowest BCUT2D eigenvalue weighted by molar-refractivity contribution is -0.384. The molecule has 0 saturated heterocycles. The number of nitro groups is 1. The van der Waals surface area contributed by atoms with E-state index in [2.05, 4.69) is 12.3 Å². The van der Waals surface area contributed by atoms with Crippen LogP contribution in [0.5, 0.6) is 0 Å². The molecule has 2 aromatic rings. The number of anilines is 1. The average Bonchev–Trinajstić information content (AvgIpc) is 2.53. The molecule has 0 N–H and O–H groups in total. The van der Waals surface area contributed by atoms with Crippen LogP contribution in [0.15, 0.2) is 71.9 Å². The number of nitro benzene ring substituents is 1. The quantitative estimate of drug-likeness (QED) is 0.478. The van der Waals surface area contributed by atoms with Crippen LogP contribution in [0.25, 0.3) is 0 Å². The summed E-state index contributed by atoms with van der Waals surface area (Å²) in [6, 6.07) is 11.6. The molecule has 0 aliphatic rings. The molecule has 0 unspecified atom stereocenters. The Morgan fingerprint density at radius 1 is 1.13 bits per heavy atom. The topological polar surface area (TPSA) is 80.5 Å². The van der Waals surface area contributed by atoms with E-state index in [-0.39, 0.29) is 16.3 Å². The number of hydrogen-bond donors (Lipinski definition) is 0. The molecule has 0 radical (unpaired) electrons. The van der Waals surface area contributed by atoms with Crippen LogP contribution in [-0.2, 0) is 10.0 Å². The molecule has 2 aromatic carbocycles. The van der Waals surface area contributed by atoms with E-state index < -0.39 is 14.9 Å². The van der Waals surface area contributed by atoms with Gasteiger partial charge in [0.15, 0.2) is 0 Å². The zero-order valence-corrected chi connectivity index (χ0v) is 13.2. The number of nitrogens with zero attached hydrogens (tertiary/aromatic N) is 2. The molecule has 0 fully saturated rings. The summed E-state index contributed by atoms with van der Waals surface area (Å²) in [5.41, 5.74) is 3.50. The van der Waals surface area contributed by atoms with Crippen molar-refractivity contribution in [3.8, 4) is 0 Å². The second-order valence-corrected chi connectivity index (χ2v) is 6.54. The molecule has 0 heterocycles. The predicted molar refractivity (Wildman–Crippen MR) is 87.7 cm³/mol. The monoisotopic (exact) mass is 330 g/mol. The summed E-state index contributed by atoms with van der Waals surface area (Å²) in [5.74, 6) is 0. The second kappa shape index (κ2) is 6.48. The highest BCUT2D eigenvalue weighted by atomic mass is 32.2. The molecule has 0 bridgehead atoms. The van der Waals surface area contributed by atoms with Gasteiger partial charge in [0, 0.05) is 12.1 Å². The summed E-state index contributed by atoms with van der Waals surface area (Å²) in [6.45, 7) is 5.25. The van der Waals surface area contributed by atoms with E-state index in [1.54, 1.807) is 12.1 Å². The molecule has 0 atom stereocenters. The standard InChI is InChI=1S/C16H14N2O4S/c1-3-12-17(14-6-8-15(9-7-14)18(19)20)23(21,22)16-10-4-13(2)5-11-16/h4-12H,1H2,2H3. The van der Waals surface area contributed by atoms with Crippen LogP contribution in [0, 0.1) is 17.0 Å². The van der Waals surface area contributed by atoms with Crippen molar-refractivity contribution in [1.82, 2.24) is 0 Å². The molecule has 23 heavy (non-hydrogen) atoms. The van der Waals surface area contributed by atoms with Crippen molar-refractivity contribution in [1.29, 1.82) is 0 Å². The highest BCUT2D eigenvalue weighted by Crippen LogP contribution is 2.26. The molecule has 6 nitrogen and oxygen atoms in total. The Kier molecular flexibility index (Phi) is 4.64. The fraction of sp³-hybridized carbons (Fsp3) is 0.0625. The fourth-order valence-corrected chi connectivity index (χ4v) is 3.23. The predicted octanol–water partition coefficient (Wildman–Crippen LogP) is 3.40. The van der Waals surface area contributed by atoms with E-state index in [0.717, 1.165) is 9.87 Å². The Morgan fingerprint density at radius 2 is 1.70 bits per heavy atom. The minimum atomic E-state index is -3.86. The van der Waals surface area contributed by atoms with Crippen LogP contribution >= 0.6 is 0 Å². The van der Waals surface area contributed by atoms with Gasteiger partial charge in [-0.25, -0.2) is 12.7 Å². The van der Waals surface area contributed by atoms with Crippen molar-refractivity contribution < 1.29 is 13.3 Å². The van der Waals surface area contributed by atoms with E-state index in [0.29, 0.717) is 0 Å². The van der Waals surface area contributed by atoms with Crippen molar-refractivity contribution in [3.63, 3.8) is 0 Å². The van der Waals surface area contributed by atoms with Gasteiger partial charge in [0.05, 0.1) is 21.7 Å². The normalized spacial score (nSPS) is 10.7. The first-order valence-electron chi connectivity index (χ1n) is 6.58. The summed E-state index contributed by atoms with van der Waals surface area (Å²) in [7, 11) is -3.86. The Labute approximate surface area is 134 Å². The summed E-state index contributed by atoms with van der Waals surface area (Å²) < 4.78 is 26.5. The zero-order chi connectivity index (χ0) is 17.0. The molecular formula is C16H14N2O4S. The molecule has 0 aromatic heterocycles. The molecular weight excluding hydrogens is 316 g/mol. The summed E-state index contributed by atoms with van der Waals surface area (Å²) in [4.78, 5) is 10.3. The van der Waals surface area contributed by atoms with Gasteiger partial charge in [-0.15, -0.1) is 5.73 Å². The Balaban J connectivity index is 2.51. The number of benzene rings is 2. The largest absolute Gasteiger partial charge is 0.269 e. The maximum atomic E-state index is 12.7. The van der Waals surface area contributed by atoms with Crippen LogP contribution < -0.4 is 4.31 Å². The van der Waals surface area contributed by atoms with Gasteiger partial charge >= 0.3 is 0 Å². The molecule has 118 valence electrons. The van der Waals surface area contributed by atoms with Crippen LogP contribution in [0.1, 0.15) is 5.56 Å². The van der Waals surface area contributed by atoms with E-state index in [1.807, 2.05) is 6.92 Å². The van der Waals surface area contributed by atoms with Gasteiger partial charge in [0.1, 0.15) is 0 Å². The van der Waals surface area contributed by atoms with E-state index in [9.17, 15) is 18.5 Å². The first kappa shape index (κ1) is 16.5. The first-order chi connectivity index (χ1) is 10.9. The summed E-state index contributed by atoms with van der Waals surface area (Å²) in [5, 5.41) is 10.7. The van der Waals surface area contributed by atoms with Crippen molar-refractivity contribution in [2.75, 3.05) is 4.31 Å². The number of hydrogen-bond acceptors (Lipinski definition) is 4. The Morgan fingerprint density at radius 3 is 2.17 bits per heavy atom. The van der Waals surface area contributed by atoms with E-state index >= 15 is 0 Å². The Hall–Kier alpha value is -2.89. The zero-order valence-electron chi connectivity index (χ0n) is 12.3. The maximum absolute atomic E-state index is 12.7. The van der Waals surface area contributed by atoms with Gasteiger partial charge in [-0.05, 0) is 31.2 Å². The molecule has 2 rings (SSSR count). The molecule has 0 amide bonds. The van der Waals surface area contributed by atoms with Gasteiger partial charge < -0.3 is 0 Å². The maximum Gasteiger partial charge on any atom is 0.269 e. The van der Waals surface area contributed by atoms with E-state index in [4.69, 9.17) is 0 Å². The third-order valence-electron chi connectivity index (χ3n) is 3.10. The van der Waals surface area contributed by atoms with Crippen LogP contribution in [0.4, 0.5) is 11.4 Å².